The van der Waals surface area contributed by atoms with Crippen LogP contribution < -0.4 is 0 Å². The first-order valence-electron chi connectivity index (χ1n) is 13.8. The van der Waals surface area contributed by atoms with Crippen molar-refractivity contribution in [2.45, 2.75) is 43.6 Å². The van der Waals surface area contributed by atoms with E-state index in [1.807, 2.05) is 25.1 Å². The summed E-state index contributed by atoms with van der Waals surface area (Å²) in [5.41, 5.74) is -1.70. The second-order valence-electron chi connectivity index (χ2n) is 11.4. The molecule has 0 radical (unpaired) electrons. The predicted octanol–water partition coefficient (Wildman–Crippen LogP) is 1.16. The first-order chi connectivity index (χ1) is 18.7. The van der Waals surface area contributed by atoms with Crippen LogP contribution in [0, 0.1) is 17.8 Å². The van der Waals surface area contributed by atoms with Gasteiger partial charge in [-0.25, -0.2) is 0 Å². The highest BCUT2D eigenvalue weighted by atomic mass is 16.5. The van der Waals surface area contributed by atoms with Crippen LogP contribution in [-0.4, -0.2) is 112 Å². The normalized spacial score (nSPS) is 34.6. The fraction of sp³-hybridized carbons (Fsp3) is 0.621. The van der Waals surface area contributed by atoms with Gasteiger partial charge in [-0.1, -0.05) is 43.3 Å². The van der Waals surface area contributed by atoms with Crippen LogP contribution >= 0.6 is 0 Å². The van der Waals surface area contributed by atoms with E-state index in [0.717, 1.165) is 13.1 Å². The summed E-state index contributed by atoms with van der Waals surface area (Å²) in [5, 5.41) is 20.9. The molecule has 0 aliphatic carbocycles. The molecule has 0 aromatic heterocycles. The molecule has 4 fully saturated rings. The van der Waals surface area contributed by atoms with Crippen molar-refractivity contribution in [2.75, 3.05) is 52.5 Å². The van der Waals surface area contributed by atoms with Crippen molar-refractivity contribution >= 4 is 17.8 Å². The molecule has 2 N–H and O–H groups in total. The average molecular weight is 542 g/mol. The number of carboxylic acids is 1. The summed E-state index contributed by atoms with van der Waals surface area (Å²) in [5.74, 6) is -4.16. The van der Waals surface area contributed by atoms with Gasteiger partial charge in [0, 0.05) is 32.7 Å². The third-order valence-electron chi connectivity index (χ3n) is 9.40. The van der Waals surface area contributed by atoms with Gasteiger partial charge >= 0.3 is 5.97 Å². The second kappa shape index (κ2) is 10.6. The van der Waals surface area contributed by atoms with E-state index >= 15 is 0 Å². The number of rotatable bonds is 10. The number of carbonyl (C=O) groups excluding carboxylic acids is 2. The summed E-state index contributed by atoms with van der Waals surface area (Å²) in [4.78, 5) is 46.8. The van der Waals surface area contributed by atoms with Gasteiger partial charge in [0.25, 0.3) is 0 Å². The van der Waals surface area contributed by atoms with Crippen molar-refractivity contribution < 1.29 is 34.1 Å². The zero-order chi connectivity index (χ0) is 27.9. The molecule has 2 amide bonds. The zero-order valence-electron chi connectivity index (χ0n) is 22.7. The number of morpholine rings is 1. The minimum Gasteiger partial charge on any atom is -0.481 e. The lowest BCUT2D eigenvalue weighted by atomic mass is 9.62. The smallest absolute Gasteiger partial charge is 0.310 e. The molecule has 7 atom stereocenters. The maximum Gasteiger partial charge on any atom is 0.310 e. The van der Waals surface area contributed by atoms with E-state index < -0.39 is 53.6 Å². The number of benzene rings is 1. The maximum atomic E-state index is 14.6. The van der Waals surface area contributed by atoms with Crippen molar-refractivity contribution in [3.05, 3.63) is 48.6 Å². The first kappa shape index (κ1) is 27.8. The Hall–Kier alpha value is -2.79. The molecule has 1 aromatic carbocycles. The lowest BCUT2D eigenvalue weighted by Gasteiger charge is -2.40. The number of hydrogen-bond donors (Lipinski definition) is 2. The van der Waals surface area contributed by atoms with E-state index in [2.05, 4.69) is 11.5 Å². The molecule has 1 spiro atoms. The third-order valence-corrected chi connectivity index (χ3v) is 9.40. The summed E-state index contributed by atoms with van der Waals surface area (Å²) in [6, 6.07) is 7.17. The average Bonchev–Trinajstić information content (AvgIpc) is 3.45. The molecule has 3 unspecified atom stereocenters. The summed E-state index contributed by atoms with van der Waals surface area (Å²) in [6.45, 7) is 11.3. The van der Waals surface area contributed by atoms with Gasteiger partial charge in [-0.2, -0.15) is 0 Å². The Morgan fingerprint density at radius 2 is 1.95 bits per heavy atom. The molecule has 4 aliphatic rings. The molecule has 0 saturated carbocycles. The number of amides is 2. The Balaban J connectivity index is 1.56. The maximum absolute atomic E-state index is 14.6. The molecular formula is C29H39N3O7. The van der Waals surface area contributed by atoms with Crippen molar-refractivity contribution in [3.63, 3.8) is 0 Å². The molecule has 1 aromatic rings. The fourth-order valence-electron chi connectivity index (χ4n) is 7.40. The predicted molar refractivity (Wildman–Crippen MR) is 142 cm³/mol. The topological polar surface area (TPSA) is 120 Å². The number of likely N-dealkylation sites (tertiary alicyclic amines) is 1. The second-order valence-corrected chi connectivity index (χ2v) is 11.4. The third kappa shape index (κ3) is 4.38. The van der Waals surface area contributed by atoms with Crippen molar-refractivity contribution in [2.24, 2.45) is 17.8 Å². The first-order valence-corrected chi connectivity index (χ1v) is 13.8. The van der Waals surface area contributed by atoms with Gasteiger partial charge < -0.3 is 29.5 Å². The number of carboxylic acid groups (broad SMARTS) is 1. The number of fused-ring (bicyclic) bond motifs is 1. The largest absolute Gasteiger partial charge is 0.481 e. The van der Waals surface area contributed by atoms with Crippen molar-refractivity contribution in [3.8, 4) is 0 Å². The van der Waals surface area contributed by atoms with E-state index in [4.69, 9.17) is 9.47 Å². The monoisotopic (exact) mass is 541 g/mol. The molecule has 2 bridgehead atoms. The molecule has 4 heterocycles. The van der Waals surface area contributed by atoms with Gasteiger partial charge in [-0.3, -0.25) is 19.3 Å². The Morgan fingerprint density at radius 1 is 1.26 bits per heavy atom. The molecule has 5 rings (SSSR count). The highest BCUT2D eigenvalue weighted by Gasteiger charge is 2.80. The van der Waals surface area contributed by atoms with Crippen LogP contribution in [0.3, 0.4) is 0 Å². The summed E-state index contributed by atoms with van der Waals surface area (Å²) in [7, 11) is 0. The number of carbonyl (C=O) groups is 3. The number of aliphatic carboxylic acids is 1. The minimum atomic E-state index is -1.30. The Kier molecular flexibility index (Phi) is 7.58. The fourth-order valence-corrected chi connectivity index (χ4v) is 7.40. The molecule has 212 valence electrons. The van der Waals surface area contributed by atoms with Gasteiger partial charge in [0.05, 0.1) is 37.4 Å². The number of hydrogen-bond acceptors (Lipinski definition) is 7. The van der Waals surface area contributed by atoms with Crippen LogP contribution in [0.2, 0.25) is 0 Å². The Bertz CT molecular complexity index is 1110. The molecule has 4 aliphatic heterocycles. The quantitative estimate of drug-likeness (QED) is 0.424. The molecule has 10 nitrogen and oxygen atoms in total. The van der Waals surface area contributed by atoms with Gasteiger partial charge in [-0.05, 0) is 24.8 Å². The SMILES string of the molecule is C=CCN(CCN1CCOCC1)C(=O)C1N([C@H](CO)c2ccccc2)C(=O)[C@@H]2[C@@H](C(=O)O)[C@]3(C)OC12CC3C. The van der Waals surface area contributed by atoms with E-state index in [1.165, 1.54) is 4.90 Å². The number of ether oxygens (including phenoxy) is 2. The van der Waals surface area contributed by atoms with Gasteiger partial charge in [0.1, 0.15) is 17.6 Å². The van der Waals surface area contributed by atoms with Gasteiger partial charge in [0.15, 0.2) is 0 Å². The molecular weight excluding hydrogens is 502 g/mol. The highest BCUT2D eigenvalue weighted by Crippen LogP contribution is 2.66. The highest BCUT2D eigenvalue weighted by molar-refractivity contribution is 5.98. The number of aliphatic hydroxyl groups excluding tert-OH is 1. The van der Waals surface area contributed by atoms with E-state index in [-0.39, 0.29) is 18.4 Å². The van der Waals surface area contributed by atoms with Crippen LogP contribution in [-0.2, 0) is 23.9 Å². The molecule has 39 heavy (non-hydrogen) atoms. The van der Waals surface area contributed by atoms with Crippen molar-refractivity contribution in [1.82, 2.24) is 14.7 Å². The molecule has 10 heteroatoms. The number of aliphatic hydroxyl groups is 1. The lowest BCUT2D eigenvalue weighted by molar-refractivity contribution is -0.160. The Morgan fingerprint density at radius 3 is 2.56 bits per heavy atom. The van der Waals surface area contributed by atoms with Crippen LogP contribution in [0.5, 0.6) is 0 Å². The lowest BCUT2D eigenvalue weighted by Crippen LogP contribution is -2.58. The number of nitrogens with zero attached hydrogens (tertiary/aromatic N) is 3. The Labute approximate surface area is 229 Å². The summed E-state index contributed by atoms with van der Waals surface area (Å²) < 4.78 is 12.1. The van der Waals surface area contributed by atoms with Crippen LogP contribution in [0.1, 0.15) is 31.9 Å². The van der Waals surface area contributed by atoms with Crippen LogP contribution in [0.4, 0.5) is 0 Å². The standard InChI is InChI=1S/C29H39N3O7/c1-4-10-31(12-11-30-13-15-38-16-14-30)26(35)24-29-17-19(2)28(3,39-29)23(27(36)37)22(29)25(34)32(24)21(18-33)20-8-6-5-7-9-20/h4-9,19,21-24,33H,1,10-18H2,2-3H3,(H,36,37)/t19?,21-,22+,23+,24?,28-,29?/m1/s1. The van der Waals surface area contributed by atoms with Gasteiger partial charge in [0.2, 0.25) is 11.8 Å². The van der Waals surface area contributed by atoms with Gasteiger partial charge in [-0.15, -0.1) is 6.58 Å². The zero-order valence-corrected chi connectivity index (χ0v) is 22.7. The van der Waals surface area contributed by atoms with E-state index in [0.29, 0.717) is 38.3 Å². The minimum absolute atomic E-state index is 0.177. The summed E-state index contributed by atoms with van der Waals surface area (Å²) >= 11 is 0. The van der Waals surface area contributed by atoms with E-state index in [9.17, 15) is 24.6 Å². The van der Waals surface area contributed by atoms with Crippen LogP contribution in [0.15, 0.2) is 43.0 Å². The van der Waals surface area contributed by atoms with Crippen LogP contribution in [0.25, 0.3) is 0 Å². The van der Waals surface area contributed by atoms with E-state index in [1.54, 1.807) is 30.0 Å². The summed E-state index contributed by atoms with van der Waals surface area (Å²) in [6.07, 6.45) is 2.04. The van der Waals surface area contributed by atoms with Crippen molar-refractivity contribution in [1.29, 1.82) is 0 Å². The molecule has 4 saturated heterocycles.